The van der Waals surface area contributed by atoms with Crippen LogP contribution in [0.4, 0.5) is 0 Å². The van der Waals surface area contributed by atoms with Gasteiger partial charge in [0.2, 0.25) is 0 Å². The highest BCUT2D eigenvalue weighted by molar-refractivity contribution is 9.10. The summed E-state index contributed by atoms with van der Waals surface area (Å²) in [7, 11) is 0. The van der Waals surface area contributed by atoms with E-state index < -0.39 is 24.0 Å². The van der Waals surface area contributed by atoms with Crippen LogP contribution in [0.15, 0.2) is 118 Å². The van der Waals surface area contributed by atoms with Crippen LogP contribution in [-0.2, 0) is 9.59 Å². The number of rotatable bonds is 8. The zero-order valence-electron chi connectivity index (χ0n) is 24.6. The van der Waals surface area contributed by atoms with Gasteiger partial charge in [-0.15, -0.1) is 0 Å². The Bertz CT molecular complexity index is 1490. The quantitative estimate of drug-likeness (QED) is 0.180. The topological polar surface area (TPSA) is 74.6 Å². The third-order valence-corrected chi connectivity index (χ3v) is 7.94. The average Bonchev–Trinajstić information content (AvgIpc) is 3.02. The standard InChI is InChI=1S/2C19H17BrO2/c2*1-14(21)18(9-5-8-15-6-3-2-4-7-15)19(22)16-10-12-17(20)13-11-16/h2*2-4,6-7,10-13,18-19,22H,9H2,1H3/t2*18-,19+/m11/s1. The van der Waals surface area contributed by atoms with E-state index in [0.717, 1.165) is 31.2 Å². The first kappa shape index (κ1) is 34.7. The van der Waals surface area contributed by atoms with Crippen molar-refractivity contribution in [1.82, 2.24) is 0 Å². The summed E-state index contributed by atoms with van der Waals surface area (Å²) in [5, 5.41) is 20.9. The van der Waals surface area contributed by atoms with Crippen LogP contribution in [0.1, 0.15) is 61.2 Å². The fourth-order valence-corrected chi connectivity index (χ4v) is 4.84. The molecule has 2 N–H and O–H groups in total. The maximum Gasteiger partial charge on any atom is 0.136 e. The normalized spacial score (nSPS) is 12.9. The molecular formula is C38H34Br2O4. The molecule has 0 fully saturated rings. The maximum absolute atomic E-state index is 11.8. The minimum absolute atomic E-state index is 0.0576. The number of ketones is 2. The number of carbonyl (C=O) groups is 2. The first-order valence-electron chi connectivity index (χ1n) is 14.1. The zero-order valence-corrected chi connectivity index (χ0v) is 27.8. The molecule has 4 atom stereocenters. The molecule has 44 heavy (non-hydrogen) atoms. The summed E-state index contributed by atoms with van der Waals surface area (Å²) >= 11 is 6.71. The summed E-state index contributed by atoms with van der Waals surface area (Å²) in [4.78, 5) is 23.7. The molecule has 0 heterocycles. The van der Waals surface area contributed by atoms with Crippen LogP contribution in [0.5, 0.6) is 0 Å². The van der Waals surface area contributed by atoms with Gasteiger partial charge >= 0.3 is 0 Å². The second-order valence-electron chi connectivity index (χ2n) is 10.2. The van der Waals surface area contributed by atoms with Gasteiger partial charge in [0.25, 0.3) is 0 Å². The van der Waals surface area contributed by atoms with E-state index in [1.165, 1.54) is 13.8 Å². The molecule has 6 heteroatoms. The molecule has 0 saturated heterocycles. The number of benzene rings is 4. The summed E-state index contributed by atoms with van der Waals surface area (Å²) < 4.78 is 1.87. The molecule has 0 radical (unpaired) electrons. The van der Waals surface area contributed by atoms with E-state index in [1.54, 1.807) is 0 Å². The van der Waals surface area contributed by atoms with Gasteiger partial charge in [0.05, 0.1) is 24.0 Å². The van der Waals surface area contributed by atoms with Crippen molar-refractivity contribution in [2.45, 2.75) is 38.9 Å². The van der Waals surface area contributed by atoms with Crippen LogP contribution in [-0.4, -0.2) is 21.8 Å². The number of aliphatic hydroxyl groups is 2. The number of halogens is 2. The first-order chi connectivity index (χ1) is 21.2. The Kier molecular flexibility index (Phi) is 14.3. The van der Waals surface area contributed by atoms with Crippen molar-refractivity contribution in [3.8, 4) is 23.7 Å². The Labute approximate surface area is 276 Å². The lowest BCUT2D eigenvalue weighted by Crippen LogP contribution is -2.19. The fourth-order valence-electron chi connectivity index (χ4n) is 4.31. The fraction of sp³-hybridized carbons (Fsp3) is 0.211. The van der Waals surface area contributed by atoms with Gasteiger partial charge in [0.15, 0.2) is 0 Å². The Hall–Kier alpha value is -3.78. The Morgan fingerprint density at radius 3 is 1.18 bits per heavy atom. The summed E-state index contributed by atoms with van der Waals surface area (Å²) in [6.07, 6.45) is -1.01. The van der Waals surface area contributed by atoms with Gasteiger partial charge in [-0.2, -0.15) is 0 Å². The molecular weight excluding hydrogens is 680 g/mol. The van der Waals surface area contributed by atoms with Crippen LogP contribution in [0.25, 0.3) is 0 Å². The van der Waals surface area contributed by atoms with Crippen molar-refractivity contribution in [2.75, 3.05) is 0 Å². The molecule has 0 aliphatic heterocycles. The predicted molar refractivity (Wildman–Crippen MR) is 182 cm³/mol. The van der Waals surface area contributed by atoms with Gasteiger partial charge in [-0.25, -0.2) is 0 Å². The molecule has 0 aromatic heterocycles. The highest BCUT2D eigenvalue weighted by Gasteiger charge is 2.25. The van der Waals surface area contributed by atoms with E-state index in [0.29, 0.717) is 12.8 Å². The molecule has 0 aliphatic rings. The summed E-state index contributed by atoms with van der Waals surface area (Å²) in [6.45, 7) is 2.99. The molecule has 0 bridgehead atoms. The lowest BCUT2D eigenvalue weighted by atomic mass is 9.90. The molecule has 4 rings (SSSR count). The Balaban J connectivity index is 0.000000240. The van der Waals surface area contributed by atoms with Gasteiger partial charge in [-0.3, -0.25) is 9.59 Å². The zero-order chi connectivity index (χ0) is 31.9. The lowest BCUT2D eigenvalue weighted by Gasteiger charge is -2.18. The van der Waals surface area contributed by atoms with E-state index in [9.17, 15) is 19.8 Å². The average molecular weight is 714 g/mol. The second kappa shape index (κ2) is 18.1. The molecule has 0 spiro atoms. The molecule has 4 aromatic carbocycles. The van der Waals surface area contributed by atoms with Crippen molar-refractivity contribution in [3.05, 3.63) is 140 Å². The predicted octanol–water partition coefficient (Wildman–Crippen LogP) is 8.26. The van der Waals surface area contributed by atoms with Gasteiger partial charge in [-0.05, 0) is 73.5 Å². The number of Topliss-reactive ketones (excluding diaryl/α,β-unsaturated/α-hetero) is 2. The molecule has 4 nitrogen and oxygen atoms in total. The van der Waals surface area contributed by atoms with E-state index >= 15 is 0 Å². The Morgan fingerprint density at radius 1 is 0.568 bits per heavy atom. The molecule has 224 valence electrons. The van der Waals surface area contributed by atoms with Crippen molar-refractivity contribution in [1.29, 1.82) is 0 Å². The van der Waals surface area contributed by atoms with E-state index in [1.807, 2.05) is 109 Å². The second-order valence-corrected chi connectivity index (χ2v) is 12.0. The third-order valence-electron chi connectivity index (χ3n) is 6.89. The van der Waals surface area contributed by atoms with E-state index in [-0.39, 0.29) is 11.6 Å². The molecule has 0 aliphatic carbocycles. The number of hydrogen-bond donors (Lipinski definition) is 2. The minimum atomic E-state index is -0.837. The van der Waals surface area contributed by atoms with Gasteiger partial charge in [0, 0.05) is 32.9 Å². The SMILES string of the molecule is CC(=O)[C@@H](CC#Cc1ccccc1)[C@@H](O)c1ccc(Br)cc1.CC(=O)[C@@H](CC#Cc1ccccc1)[C@@H](O)c1ccc(Br)cc1. The van der Waals surface area contributed by atoms with Crippen LogP contribution in [0, 0.1) is 35.5 Å². The highest BCUT2D eigenvalue weighted by atomic mass is 79.9. The Morgan fingerprint density at radius 2 is 0.886 bits per heavy atom. The van der Waals surface area contributed by atoms with Crippen molar-refractivity contribution in [3.63, 3.8) is 0 Å². The lowest BCUT2D eigenvalue weighted by molar-refractivity contribution is -0.125. The highest BCUT2D eigenvalue weighted by Crippen LogP contribution is 2.27. The first-order valence-corrected chi connectivity index (χ1v) is 15.7. The number of hydrogen-bond acceptors (Lipinski definition) is 4. The monoisotopic (exact) mass is 712 g/mol. The van der Waals surface area contributed by atoms with Gasteiger partial charge in [0.1, 0.15) is 11.6 Å². The maximum atomic E-state index is 11.8. The van der Waals surface area contributed by atoms with Crippen molar-refractivity contribution < 1.29 is 19.8 Å². The summed E-state index contributed by atoms with van der Waals surface area (Å²) in [6, 6.07) is 33.9. The van der Waals surface area contributed by atoms with Crippen LogP contribution in [0.2, 0.25) is 0 Å². The van der Waals surface area contributed by atoms with Gasteiger partial charge < -0.3 is 10.2 Å². The molecule has 0 unspecified atom stereocenters. The van der Waals surface area contributed by atoms with Gasteiger partial charge in [-0.1, -0.05) is 116 Å². The molecule has 0 saturated carbocycles. The van der Waals surface area contributed by atoms with E-state index in [2.05, 4.69) is 55.5 Å². The third kappa shape index (κ3) is 11.4. The summed E-state index contributed by atoms with van der Waals surface area (Å²) in [5.41, 5.74) is 3.26. The van der Waals surface area contributed by atoms with Crippen LogP contribution in [0.3, 0.4) is 0 Å². The summed E-state index contributed by atoms with van der Waals surface area (Å²) in [5.74, 6) is 10.9. The van der Waals surface area contributed by atoms with E-state index in [4.69, 9.17) is 0 Å². The largest absolute Gasteiger partial charge is 0.388 e. The smallest absolute Gasteiger partial charge is 0.136 e. The minimum Gasteiger partial charge on any atom is -0.388 e. The molecule has 4 aromatic rings. The number of carbonyl (C=O) groups excluding carboxylic acids is 2. The molecule has 0 amide bonds. The van der Waals surface area contributed by atoms with Crippen LogP contribution >= 0.6 is 31.9 Å². The van der Waals surface area contributed by atoms with Crippen LogP contribution < -0.4 is 0 Å². The number of aliphatic hydroxyl groups excluding tert-OH is 2. The van der Waals surface area contributed by atoms with Crippen molar-refractivity contribution >= 4 is 43.4 Å². The van der Waals surface area contributed by atoms with Crippen molar-refractivity contribution in [2.24, 2.45) is 11.8 Å².